The van der Waals surface area contributed by atoms with Crippen LogP contribution in [0.5, 0.6) is 0 Å². The van der Waals surface area contributed by atoms with Crippen molar-refractivity contribution in [3.8, 4) is 0 Å². The Balaban J connectivity index is 0. The molecule has 0 saturated carbocycles. The molecule has 0 aromatic carbocycles. The third kappa shape index (κ3) is 17.2. The first kappa shape index (κ1) is 21.5. The molecule has 0 aromatic rings. The quantitative estimate of drug-likeness (QED) is 0.307. The third-order valence-corrected chi connectivity index (χ3v) is 2.76. The summed E-state index contributed by atoms with van der Waals surface area (Å²) >= 11 is 1.87. The molecule has 2 N–H and O–H groups in total. The van der Waals surface area contributed by atoms with E-state index in [9.17, 15) is 18.0 Å². The average Bonchev–Trinajstić information content (AvgIpc) is 2.33. The molecule has 0 heterocycles. The van der Waals surface area contributed by atoms with Crippen molar-refractivity contribution in [1.82, 2.24) is 0 Å². The fourth-order valence-corrected chi connectivity index (χ4v) is 1.44. The van der Waals surface area contributed by atoms with E-state index in [-0.39, 0.29) is 12.4 Å². The molecule has 7 nitrogen and oxygen atoms in total. The number of allylic oxidation sites excluding steroid dienone is 1. The first-order valence-corrected chi connectivity index (χ1v) is 7.72. The topological polar surface area (TPSA) is 118 Å². The maximum absolute atomic E-state index is 10.7. The molecule has 0 aliphatic heterocycles. The molecule has 112 valence electrons. The Hall–Kier alpha value is -0.813. The second-order valence-electron chi connectivity index (χ2n) is 4.01. The number of hydrogen-bond acceptors (Lipinski definition) is 5. The summed E-state index contributed by atoms with van der Waals surface area (Å²) in [6.07, 6.45) is 3.32. The van der Waals surface area contributed by atoms with Gasteiger partial charge in [-0.3, -0.25) is 4.79 Å². The molecular weight excluding hydrogens is 283 g/mol. The van der Waals surface area contributed by atoms with Crippen LogP contribution < -0.4 is 0 Å². The van der Waals surface area contributed by atoms with E-state index in [4.69, 9.17) is 9.66 Å². The van der Waals surface area contributed by atoms with Crippen molar-refractivity contribution < 1.29 is 32.4 Å². The minimum atomic E-state index is -3.69. The Morgan fingerprint density at radius 3 is 2.25 bits per heavy atom. The second kappa shape index (κ2) is 12.0. The van der Waals surface area contributed by atoms with Gasteiger partial charge in [-0.25, -0.2) is 4.79 Å². The van der Waals surface area contributed by atoms with E-state index in [1.165, 1.54) is 19.1 Å². The molecule has 0 radical (unpaired) electrons. The number of esters is 1. The minimum absolute atomic E-state index is 0.0848. The maximum atomic E-state index is 10.7. The average molecular weight is 302 g/mol. The number of hydrogen-bond donors (Lipinski definition) is 2. The molecule has 0 spiro atoms. The molecule has 0 fully saturated rings. The molecular formula is C11H19LiO7S. The Morgan fingerprint density at radius 1 is 1.40 bits per heavy atom. The molecule has 1 atom stereocenters. The Kier molecular flexibility index (Phi) is 12.9. The summed E-state index contributed by atoms with van der Waals surface area (Å²) in [5, 5.41) is 9.21. The summed E-state index contributed by atoms with van der Waals surface area (Å²) in [5.74, 6) is -2.24. The molecule has 0 bridgehead atoms. The molecule has 0 rings (SSSR count). The van der Waals surface area contributed by atoms with Crippen LogP contribution in [0.2, 0.25) is 5.09 Å². The van der Waals surface area contributed by atoms with Gasteiger partial charge in [0.25, 0.3) is 0 Å². The standard InChI is InChI=1S/C8H12O4.C3H7O3S.Li/c1-3-4-7(9)12-5-6(2)8(10)11;1-2-3-7(4,5)6;/h3-4,6H,5H2,1-2H3,(H,10,11);1-3H2,(H,4,5,6);. The van der Waals surface area contributed by atoms with Gasteiger partial charge in [-0.15, -0.1) is 0 Å². The van der Waals surface area contributed by atoms with Gasteiger partial charge in [0.15, 0.2) is 0 Å². The van der Waals surface area contributed by atoms with Gasteiger partial charge in [-0.2, -0.15) is 0 Å². The van der Waals surface area contributed by atoms with Crippen molar-refractivity contribution in [3.05, 3.63) is 12.2 Å². The SMILES string of the molecule is CC=CC(=O)OCC(C)C(=O)O.[Li][CH2]CCS(=O)(=O)O. The Morgan fingerprint density at radius 2 is 1.95 bits per heavy atom. The second-order valence-corrected chi connectivity index (χ2v) is 5.58. The van der Waals surface area contributed by atoms with Crippen LogP contribution >= 0.6 is 0 Å². The number of rotatable bonds is 7. The molecule has 0 aliphatic carbocycles. The summed E-state index contributed by atoms with van der Waals surface area (Å²) in [4.78, 5) is 20.9. The normalized spacial score (nSPS) is 12.4. The summed E-state index contributed by atoms with van der Waals surface area (Å²) in [6.45, 7) is 3.08. The van der Waals surface area contributed by atoms with Gasteiger partial charge in [0.1, 0.15) is 6.61 Å². The Bertz CT molecular complexity index is 416. The third-order valence-electron chi connectivity index (χ3n) is 1.96. The van der Waals surface area contributed by atoms with Crippen LogP contribution in [0.3, 0.4) is 0 Å². The molecule has 1 unspecified atom stereocenters. The van der Waals surface area contributed by atoms with Gasteiger partial charge < -0.3 is 9.84 Å². The van der Waals surface area contributed by atoms with Crippen molar-refractivity contribution in [2.75, 3.05) is 12.4 Å². The van der Waals surface area contributed by atoms with Gasteiger partial charge >= 0.3 is 70.0 Å². The first-order chi connectivity index (χ1) is 9.14. The zero-order valence-electron chi connectivity index (χ0n) is 11.9. The van der Waals surface area contributed by atoms with Crippen molar-refractivity contribution >= 4 is 39.8 Å². The van der Waals surface area contributed by atoms with Crippen LogP contribution in [0, 0.1) is 5.92 Å². The van der Waals surface area contributed by atoms with Crippen LogP contribution in [0.4, 0.5) is 0 Å². The molecule has 0 amide bonds. The van der Waals surface area contributed by atoms with Crippen molar-refractivity contribution in [3.63, 3.8) is 0 Å². The van der Waals surface area contributed by atoms with E-state index < -0.39 is 28.0 Å². The number of ether oxygens (including phenoxy) is 1. The first-order valence-electron chi connectivity index (χ1n) is 6.11. The summed E-state index contributed by atoms with van der Waals surface area (Å²) in [5.41, 5.74) is 0. The van der Waals surface area contributed by atoms with Gasteiger partial charge in [-0.1, -0.05) is 6.08 Å². The summed E-state index contributed by atoms with van der Waals surface area (Å²) < 4.78 is 32.6. The molecule has 0 aromatic heterocycles. The van der Waals surface area contributed by atoms with Gasteiger partial charge in [0.2, 0.25) is 0 Å². The monoisotopic (exact) mass is 302 g/mol. The zero-order valence-corrected chi connectivity index (χ0v) is 12.7. The molecule has 0 aliphatic rings. The van der Waals surface area contributed by atoms with Gasteiger partial charge in [0.05, 0.1) is 5.92 Å². The van der Waals surface area contributed by atoms with E-state index >= 15 is 0 Å². The van der Waals surface area contributed by atoms with Gasteiger partial charge in [0, 0.05) is 6.08 Å². The van der Waals surface area contributed by atoms with Crippen molar-refractivity contribution in [2.24, 2.45) is 5.92 Å². The van der Waals surface area contributed by atoms with Crippen LogP contribution in [0.1, 0.15) is 20.3 Å². The summed E-state index contributed by atoms with van der Waals surface area (Å²) in [7, 11) is -3.69. The Labute approximate surface area is 128 Å². The van der Waals surface area contributed by atoms with E-state index in [2.05, 4.69) is 4.74 Å². The number of carbonyl (C=O) groups excluding carboxylic acids is 1. The molecule has 20 heavy (non-hydrogen) atoms. The molecule has 0 saturated heterocycles. The number of aliphatic carboxylic acids is 1. The van der Waals surface area contributed by atoms with Crippen LogP contribution in [0.15, 0.2) is 12.2 Å². The van der Waals surface area contributed by atoms with Crippen LogP contribution in [-0.2, 0) is 24.4 Å². The van der Waals surface area contributed by atoms with E-state index in [1.54, 1.807) is 6.92 Å². The zero-order chi connectivity index (χ0) is 16.2. The van der Waals surface area contributed by atoms with Crippen molar-refractivity contribution in [1.29, 1.82) is 0 Å². The fraction of sp³-hybridized carbons (Fsp3) is 0.636. The van der Waals surface area contributed by atoms with Crippen molar-refractivity contribution in [2.45, 2.75) is 25.4 Å². The summed E-state index contributed by atoms with van der Waals surface area (Å²) in [6, 6.07) is 0. The predicted molar refractivity (Wildman–Crippen MR) is 74.2 cm³/mol. The van der Waals surface area contributed by atoms with Crippen LogP contribution in [-0.4, -0.2) is 60.1 Å². The van der Waals surface area contributed by atoms with E-state index in [0.717, 1.165) is 5.09 Å². The van der Waals surface area contributed by atoms with E-state index in [1.807, 2.05) is 17.7 Å². The van der Waals surface area contributed by atoms with Crippen LogP contribution in [0.25, 0.3) is 0 Å². The van der Waals surface area contributed by atoms with Gasteiger partial charge in [-0.05, 0) is 13.8 Å². The predicted octanol–water partition coefficient (Wildman–Crippen LogP) is 0.678. The number of carboxylic acid groups (broad SMARTS) is 1. The van der Waals surface area contributed by atoms with E-state index in [0.29, 0.717) is 6.42 Å². The number of carboxylic acids is 1. The fourth-order valence-electron chi connectivity index (χ4n) is 0.789. The molecule has 9 heteroatoms. The number of carbonyl (C=O) groups is 2.